The van der Waals surface area contributed by atoms with Gasteiger partial charge in [0.25, 0.3) is 0 Å². The summed E-state index contributed by atoms with van der Waals surface area (Å²) in [6.07, 6.45) is 17.6. The van der Waals surface area contributed by atoms with Crippen molar-refractivity contribution in [2.24, 2.45) is 11.8 Å². The molecule has 0 N–H and O–H groups in total. The minimum atomic E-state index is 0.603. The summed E-state index contributed by atoms with van der Waals surface area (Å²) in [5.74, 6) is 8.60. The Labute approximate surface area is 191 Å². The number of aryl methyl sites for hydroxylation is 1. The van der Waals surface area contributed by atoms with Gasteiger partial charge in [-0.2, -0.15) is 0 Å². The predicted octanol–water partition coefficient (Wildman–Crippen LogP) is 9.21. The van der Waals surface area contributed by atoms with Crippen molar-refractivity contribution >= 4 is 0 Å². The molecule has 166 valence electrons. The van der Waals surface area contributed by atoms with E-state index in [-0.39, 0.29) is 0 Å². The van der Waals surface area contributed by atoms with E-state index in [2.05, 4.69) is 74.2 Å². The first-order valence-corrected chi connectivity index (χ1v) is 13.0. The van der Waals surface area contributed by atoms with Crippen molar-refractivity contribution < 1.29 is 0 Å². The van der Waals surface area contributed by atoms with Crippen LogP contribution in [0.4, 0.5) is 0 Å². The van der Waals surface area contributed by atoms with E-state index in [1.54, 1.807) is 0 Å². The lowest BCUT2D eigenvalue weighted by Crippen LogP contribution is -2.13. The zero-order valence-corrected chi connectivity index (χ0v) is 20.0. The quantitative estimate of drug-likeness (QED) is 0.268. The fourth-order valence-corrected chi connectivity index (χ4v) is 4.81. The third kappa shape index (κ3) is 8.22. The second kappa shape index (κ2) is 13.4. The van der Waals surface area contributed by atoms with Gasteiger partial charge in [-0.05, 0) is 73.3 Å². The maximum Gasteiger partial charge on any atom is 0.0245 e. The summed E-state index contributed by atoms with van der Waals surface area (Å²) in [5.41, 5.74) is 5.18. The summed E-state index contributed by atoms with van der Waals surface area (Å²) < 4.78 is 0. The van der Waals surface area contributed by atoms with Crippen molar-refractivity contribution in [1.29, 1.82) is 0 Å². The fraction of sp³-hybridized carbons (Fsp3) is 0.548. The number of rotatable bonds is 10. The van der Waals surface area contributed by atoms with Crippen molar-refractivity contribution in [3.05, 3.63) is 59.7 Å². The van der Waals surface area contributed by atoms with E-state index in [0.717, 1.165) is 11.5 Å². The maximum atomic E-state index is 3.58. The fourth-order valence-electron chi connectivity index (χ4n) is 4.81. The highest BCUT2D eigenvalue weighted by atomic mass is 14.2. The van der Waals surface area contributed by atoms with Gasteiger partial charge in [0.15, 0.2) is 0 Å². The van der Waals surface area contributed by atoms with Gasteiger partial charge in [-0.1, -0.05) is 107 Å². The molecule has 0 atom stereocenters. The van der Waals surface area contributed by atoms with Crippen LogP contribution in [0.2, 0.25) is 0 Å². The molecule has 0 heteroatoms. The number of hydrogen-bond donors (Lipinski definition) is 0. The minimum absolute atomic E-state index is 0.603. The summed E-state index contributed by atoms with van der Waals surface area (Å²) in [5, 5.41) is 0. The minimum Gasteiger partial charge on any atom is -0.0945 e. The highest BCUT2D eigenvalue weighted by Crippen LogP contribution is 2.32. The van der Waals surface area contributed by atoms with Gasteiger partial charge in [0, 0.05) is 11.5 Å². The van der Waals surface area contributed by atoms with Crippen molar-refractivity contribution in [2.75, 3.05) is 0 Å². The van der Waals surface area contributed by atoms with Crippen LogP contribution in [0.5, 0.6) is 0 Å². The monoisotopic (exact) mass is 414 g/mol. The Morgan fingerprint density at radius 1 is 0.677 bits per heavy atom. The van der Waals surface area contributed by atoms with Gasteiger partial charge in [-0.15, -0.1) is 0 Å². The molecule has 1 aliphatic rings. The van der Waals surface area contributed by atoms with Crippen LogP contribution in [0, 0.1) is 23.7 Å². The van der Waals surface area contributed by atoms with Crippen molar-refractivity contribution in [1.82, 2.24) is 0 Å². The van der Waals surface area contributed by atoms with Crippen LogP contribution in [0.3, 0.4) is 0 Å². The highest BCUT2D eigenvalue weighted by Gasteiger charge is 2.19. The van der Waals surface area contributed by atoms with Gasteiger partial charge in [0.2, 0.25) is 0 Å². The van der Waals surface area contributed by atoms with E-state index in [0.29, 0.717) is 5.92 Å². The summed E-state index contributed by atoms with van der Waals surface area (Å²) in [4.78, 5) is 0. The number of unbranched alkanes of at least 4 members (excludes halogenated alkanes) is 5. The van der Waals surface area contributed by atoms with Crippen LogP contribution in [-0.2, 0) is 6.42 Å². The van der Waals surface area contributed by atoms with Crippen LogP contribution in [0.1, 0.15) is 102 Å². The molecule has 0 radical (unpaired) electrons. The van der Waals surface area contributed by atoms with Crippen molar-refractivity contribution in [3.63, 3.8) is 0 Å². The summed E-state index contributed by atoms with van der Waals surface area (Å²) in [7, 11) is 0. The number of benzene rings is 2. The zero-order valence-electron chi connectivity index (χ0n) is 20.0. The van der Waals surface area contributed by atoms with E-state index in [4.69, 9.17) is 0 Å². The zero-order chi connectivity index (χ0) is 21.7. The topological polar surface area (TPSA) is 0 Å². The molecular formula is C31H42. The van der Waals surface area contributed by atoms with E-state index in [1.165, 1.54) is 100 Å². The average Bonchev–Trinajstić information content (AvgIpc) is 2.83. The van der Waals surface area contributed by atoms with E-state index in [9.17, 15) is 0 Å². The summed E-state index contributed by atoms with van der Waals surface area (Å²) >= 11 is 0. The Kier molecular flexibility index (Phi) is 10.2. The molecule has 0 aromatic heterocycles. The van der Waals surface area contributed by atoms with E-state index in [1.807, 2.05) is 0 Å². The molecule has 0 aliphatic heterocycles. The third-order valence-electron chi connectivity index (χ3n) is 6.97. The van der Waals surface area contributed by atoms with Gasteiger partial charge in [-0.3, -0.25) is 0 Å². The molecule has 1 saturated carbocycles. The SMILES string of the molecule is CCCCCCC[C@H]1CC[C@H](C#Cc2ccc(-c3ccc(CCCC)cc3)cc2)CC1. The van der Waals surface area contributed by atoms with E-state index >= 15 is 0 Å². The molecule has 0 amide bonds. The smallest absolute Gasteiger partial charge is 0.0245 e. The lowest BCUT2D eigenvalue weighted by atomic mass is 9.80. The lowest BCUT2D eigenvalue weighted by molar-refractivity contribution is 0.294. The summed E-state index contributed by atoms with van der Waals surface area (Å²) in [6.45, 7) is 4.55. The molecule has 31 heavy (non-hydrogen) atoms. The maximum absolute atomic E-state index is 3.58. The largest absolute Gasteiger partial charge is 0.0945 e. The normalized spacial score (nSPS) is 18.4. The molecule has 0 unspecified atom stereocenters. The first-order chi connectivity index (χ1) is 15.3. The Balaban J connectivity index is 1.44. The molecule has 1 fully saturated rings. The predicted molar refractivity (Wildman–Crippen MR) is 136 cm³/mol. The Hall–Kier alpha value is -2.00. The van der Waals surface area contributed by atoms with Crippen LogP contribution in [-0.4, -0.2) is 0 Å². The average molecular weight is 415 g/mol. The first kappa shape index (κ1) is 23.7. The van der Waals surface area contributed by atoms with Gasteiger partial charge in [-0.25, -0.2) is 0 Å². The van der Waals surface area contributed by atoms with Gasteiger partial charge < -0.3 is 0 Å². The van der Waals surface area contributed by atoms with E-state index < -0.39 is 0 Å². The molecule has 1 aliphatic carbocycles. The van der Waals surface area contributed by atoms with Gasteiger partial charge in [0.05, 0.1) is 0 Å². The summed E-state index contributed by atoms with van der Waals surface area (Å²) in [6, 6.07) is 17.9. The second-order valence-corrected chi connectivity index (χ2v) is 9.57. The third-order valence-corrected chi connectivity index (χ3v) is 6.97. The molecule has 0 spiro atoms. The van der Waals surface area contributed by atoms with Gasteiger partial charge in [0.1, 0.15) is 0 Å². The first-order valence-electron chi connectivity index (χ1n) is 13.0. The molecule has 2 aromatic carbocycles. The molecular weight excluding hydrogens is 372 g/mol. The highest BCUT2D eigenvalue weighted by molar-refractivity contribution is 5.64. The standard InChI is InChI=1S/C31H42/c1-3-5-7-8-9-11-27-12-14-28(15-13-27)16-17-29-20-24-31(25-21-29)30-22-18-26(19-23-30)10-6-4-2/h18-25,27-28H,3-15H2,1-2H3/t27-,28-. The molecule has 2 aromatic rings. The van der Waals surface area contributed by atoms with Crippen LogP contribution in [0.15, 0.2) is 48.5 Å². The lowest BCUT2D eigenvalue weighted by Gasteiger charge is -2.25. The number of hydrogen-bond acceptors (Lipinski definition) is 0. The second-order valence-electron chi connectivity index (χ2n) is 9.57. The van der Waals surface area contributed by atoms with Crippen LogP contribution < -0.4 is 0 Å². The van der Waals surface area contributed by atoms with Crippen molar-refractivity contribution in [2.45, 2.75) is 97.3 Å². The molecule has 0 saturated heterocycles. The Morgan fingerprint density at radius 2 is 1.29 bits per heavy atom. The van der Waals surface area contributed by atoms with Gasteiger partial charge >= 0.3 is 0 Å². The molecule has 0 heterocycles. The van der Waals surface area contributed by atoms with Crippen LogP contribution in [0.25, 0.3) is 11.1 Å². The van der Waals surface area contributed by atoms with Crippen molar-refractivity contribution in [3.8, 4) is 23.0 Å². The Morgan fingerprint density at radius 3 is 1.94 bits per heavy atom. The molecule has 0 bridgehead atoms. The Bertz CT molecular complexity index is 792. The van der Waals surface area contributed by atoms with Crippen LogP contribution >= 0.6 is 0 Å². The molecule has 3 rings (SSSR count). The molecule has 0 nitrogen and oxygen atoms in total.